The second-order valence-corrected chi connectivity index (χ2v) is 4.77. The Bertz CT molecular complexity index is 137. The monoisotopic (exact) mass is 164 g/mol. The molecule has 0 spiro atoms. The van der Waals surface area contributed by atoms with Gasteiger partial charge in [-0.25, -0.2) is 0 Å². The molecule has 52 valence electrons. The minimum atomic E-state index is 0.256. The van der Waals surface area contributed by atoms with E-state index in [0.29, 0.717) is 5.41 Å². The Morgan fingerprint density at radius 2 is 1.33 bits per heavy atom. The van der Waals surface area contributed by atoms with Gasteiger partial charge in [-0.15, -0.1) is 23.2 Å². The molecule has 2 rings (SSSR count). The summed E-state index contributed by atoms with van der Waals surface area (Å²) in [5.74, 6) is 1.45. The van der Waals surface area contributed by atoms with Crippen LogP contribution in [0.2, 0.25) is 0 Å². The molecule has 0 aromatic heterocycles. The van der Waals surface area contributed by atoms with Crippen molar-refractivity contribution in [1.82, 2.24) is 0 Å². The zero-order valence-corrected chi connectivity index (χ0v) is 7.08. The van der Waals surface area contributed by atoms with Gasteiger partial charge in [-0.1, -0.05) is 13.8 Å². The van der Waals surface area contributed by atoms with Gasteiger partial charge in [0.2, 0.25) is 0 Å². The average molecular weight is 165 g/mol. The Kier molecular flexibility index (Phi) is 1.000. The van der Waals surface area contributed by atoms with Crippen molar-refractivity contribution in [3.63, 3.8) is 0 Å². The van der Waals surface area contributed by atoms with E-state index < -0.39 is 0 Å². The quantitative estimate of drug-likeness (QED) is 0.483. The van der Waals surface area contributed by atoms with Crippen molar-refractivity contribution >= 4 is 23.2 Å². The summed E-state index contributed by atoms with van der Waals surface area (Å²) in [4.78, 5) is 0. The van der Waals surface area contributed by atoms with Crippen LogP contribution < -0.4 is 0 Å². The van der Waals surface area contributed by atoms with Gasteiger partial charge in [0.25, 0.3) is 0 Å². The molecule has 0 radical (unpaired) electrons. The highest BCUT2D eigenvalue weighted by Crippen LogP contribution is 2.73. The molecule has 0 amide bonds. The third-order valence-electron chi connectivity index (χ3n) is 2.99. The summed E-state index contributed by atoms with van der Waals surface area (Å²) in [6.07, 6.45) is 0. The number of alkyl halides is 2. The molecule has 2 aliphatic rings. The average Bonchev–Trinajstić information content (AvgIpc) is 2.29. The molecule has 9 heavy (non-hydrogen) atoms. The molecular weight excluding hydrogens is 155 g/mol. The van der Waals surface area contributed by atoms with Crippen molar-refractivity contribution in [2.45, 2.75) is 24.6 Å². The third kappa shape index (κ3) is 0.526. The van der Waals surface area contributed by atoms with Crippen LogP contribution in [0, 0.1) is 17.3 Å². The maximum Gasteiger partial charge on any atom is 0.0539 e. The predicted octanol–water partition coefficient (Wildman–Crippen LogP) is 2.49. The zero-order chi connectivity index (χ0) is 6.81. The molecule has 4 atom stereocenters. The predicted molar refractivity (Wildman–Crippen MR) is 40.0 cm³/mol. The van der Waals surface area contributed by atoms with Crippen LogP contribution in [0.4, 0.5) is 0 Å². The molecule has 0 N–H and O–H groups in total. The number of hydrogen-bond acceptors (Lipinski definition) is 0. The minimum absolute atomic E-state index is 0.256. The molecule has 2 aliphatic carbocycles. The largest absolute Gasteiger partial charge is 0.121 e. The van der Waals surface area contributed by atoms with E-state index >= 15 is 0 Å². The van der Waals surface area contributed by atoms with Crippen LogP contribution >= 0.6 is 23.2 Å². The lowest BCUT2D eigenvalue weighted by Gasteiger charge is -2.24. The highest BCUT2D eigenvalue weighted by molar-refractivity contribution is 6.32. The fraction of sp³-hybridized carbons (Fsp3) is 1.00. The van der Waals surface area contributed by atoms with Gasteiger partial charge in [0.1, 0.15) is 0 Å². The summed E-state index contributed by atoms with van der Waals surface area (Å²) in [7, 11) is 0. The van der Waals surface area contributed by atoms with E-state index in [1.54, 1.807) is 0 Å². The Balaban J connectivity index is 2.15. The van der Waals surface area contributed by atoms with E-state index in [2.05, 4.69) is 13.8 Å². The summed E-state index contributed by atoms with van der Waals surface area (Å²) >= 11 is 11.9. The summed E-state index contributed by atoms with van der Waals surface area (Å²) in [5.41, 5.74) is 0.457. The van der Waals surface area contributed by atoms with Crippen molar-refractivity contribution in [2.24, 2.45) is 17.3 Å². The van der Waals surface area contributed by atoms with Gasteiger partial charge in [0.15, 0.2) is 0 Å². The number of fused-ring (bicyclic) bond motifs is 1. The van der Waals surface area contributed by atoms with E-state index in [0.717, 1.165) is 11.8 Å². The van der Waals surface area contributed by atoms with Crippen molar-refractivity contribution < 1.29 is 0 Å². The maximum absolute atomic E-state index is 5.94. The highest BCUT2D eigenvalue weighted by Gasteiger charge is 2.73. The molecule has 0 aromatic rings. The first-order chi connectivity index (χ1) is 4.07. The highest BCUT2D eigenvalue weighted by atomic mass is 35.5. The maximum atomic E-state index is 5.94. The molecule has 0 aromatic carbocycles. The lowest BCUT2D eigenvalue weighted by atomic mass is 9.99. The van der Waals surface area contributed by atoms with Crippen molar-refractivity contribution in [2.75, 3.05) is 0 Å². The van der Waals surface area contributed by atoms with E-state index in [4.69, 9.17) is 23.2 Å². The van der Waals surface area contributed by atoms with Crippen LogP contribution in [0.5, 0.6) is 0 Å². The van der Waals surface area contributed by atoms with E-state index in [1.165, 1.54) is 0 Å². The first-order valence-corrected chi connectivity index (χ1v) is 4.22. The standard InChI is InChI=1S/C7H10Cl2/c1-7(2)3-4(7)6(9)5(3)8/h3-6H,1-2H3/t3-,4+,5-,6+. The van der Waals surface area contributed by atoms with Gasteiger partial charge in [0.05, 0.1) is 10.8 Å². The molecule has 0 bridgehead atoms. The van der Waals surface area contributed by atoms with Gasteiger partial charge in [-0.3, -0.25) is 0 Å². The summed E-state index contributed by atoms with van der Waals surface area (Å²) in [6, 6.07) is 0. The van der Waals surface area contributed by atoms with E-state index in [1.807, 2.05) is 0 Å². The summed E-state index contributed by atoms with van der Waals surface area (Å²) in [6.45, 7) is 4.50. The first kappa shape index (κ1) is 6.30. The molecule has 0 aliphatic heterocycles. The van der Waals surface area contributed by atoms with Crippen molar-refractivity contribution in [3.05, 3.63) is 0 Å². The van der Waals surface area contributed by atoms with Crippen LogP contribution in [-0.4, -0.2) is 10.8 Å². The summed E-state index contributed by atoms with van der Waals surface area (Å²) < 4.78 is 0. The van der Waals surface area contributed by atoms with Crippen molar-refractivity contribution in [3.8, 4) is 0 Å². The molecule has 2 fully saturated rings. The van der Waals surface area contributed by atoms with Gasteiger partial charge in [0, 0.05) is 0 Å². The van der Waals surface area contributed by atoms with Crippen LogP contribution in [0.3, 0.4) is 0 Å². The molecular formula is C7H10Cl2. The topological polar surface area (TPSA) is 0 Å². The van der Waals surface area contributed by atoms with E-state index in [9.17, 15) is 0 Å². The fourth-order valence-corrected chi connectivity index (χ4v) is 3.46. The van der Waals surface area contributed by atoms with Crippen LogP contribution in [0.15, 0.2) is 0 Å². The third-order valence-corrected chi connectivity index (χ3v) is 4.20. The number of rotatable bonds is 0. The number of halogens is 2. The van der Waals surface area contributed by atoms with Crippen LogP contribution in [0.1, 0.15) is 13.8 Å². The first-order valence-electron chi connectivity index (χ1n) is 3.35. The number of hydrogen-bond donors (Lipinski definition) is 0. The molecule has 2 saturated carbocycles. The van der Waals surface area contributed by atoms with Gasteiger partial charge in [-0.2, -0.15) is 0 Å². The Morgan fingerprint density at radius 1 is 1.00 bits per heavy atom. The van der Waals surface area contributed by atoms with Crippen LogP contribution in [-0.2, 0) is 0 Å². The molecule has 2 heteroatoms. The van der Waals surface area contributed by atoms with Gasteiger partial charge >= 0.3 is 0 Å². The Morgan fingerprint density at radius 3 is 1.44 bits per heavy atom. The van der Waals surface area contributed by atoms with Crippen LogP contribution in [0.25, 0.3) is 0 Å². The summed E-state index contributed by atoms with van der Waals surface area (Å²) in [5, 5.41) is 0.512. The second kappa shape index (κ2) is 1.43. The van der Waals surface area contributed by atoms with Gasteiger partial charge in [-0.05, 0) is 17.3 Å². The molecule has 0 heterocycles. The normalized spacial score (nSPS) is 60.0. The molecule has 0 nitrogen and oxygen atoms in total. The lowest BCUT2D eigenvalue weighted by Crippen LogP contribution is -2.30. The van der Waals surface area contributed by atoms with Crippen molar-refractivity contribution in [1.29, 1.82) is 0 Å². The molecule has 0 unspecified atom stereocenters. The fourth-order valence-electron chi connectivity index (χ4n) is 2.19. The smallest absolute Gasteiger partial charge is 0.0539 e. The Hall–Kier alpha value is 0.580. The van der Waals surface area contributed by atoms with Gasteiger partial charge < -0.3 is 0 Å². The SMILES string of the molecule is CC1(C)[C@@H]2[C@H](Cl)[C@H](Cl)[C@@H]21. The van der Waals surface area contributed by atoms with E-state index in [-0.39, 0.29) is 10.8 Å². The Labute approximate surface area is 65.5 Å². The minimum Gasteiger partial charge on any atom is -0.121 e. The molecule has 0 saturated heterocycles. The zero-order valence-electron chi connectivity index (χ0n) is 5.57. The lowest BCUT2D eigenvalue weighted by molar-refractivity contribution is 0.488. The second-order valence-electron chi connectivity index (χ2n) is 3.76.